The Hall–Kier alpha value is -1.55. The van der Waals surface area contributed by atoms with Gasteiger partial charge in [0.25, 0.3) is 0 Å². The molecule has 0 radical (unpaired) electrons. The van der Waals surface area contributed by atoms with Crippen LogP contribution in [0.1, 0.15) is 31.7 Å². The van der Waals surface area contributed by atoms with Gasteiger partial charge < -0.3 is 10.5 Å². The Bertz CT molecular complexity index is 616. The Morgan fingerprint density at radius 3 is 2.71 bits per heavy atom. The first-order chi connectivity index (χ1) is 10.0. The molecular formula is C15H22N2O3S. The molecule has 0 amide bonds. The van der Waals surface area contributed by atoms with Crippen molar-refractivity contribution in [3.05, 3.63) is 23.8 Å². The van der Waals surface area contributed by atoms with Crippen LogP contribution >= 0.6 is 0 Å². The van der Waals surface area contributed by atoms with Gasteiger partial charge in [-0.05, 0) is 24.6 Å². The van der Waals surface area contributed by atoms with E-state index in [2.05, 4.69) is 23.5 Å². The minimum Gasteiger partial charge on any atom is -0.495 e. The van der Waals surface area contributed by atoms with Crippen LogP contribution in [0.25, 0.3) is 0 Å². The second-order valence-corrected chi connectivity index (χ2v) is 6.21. The van der Waals surface area contributed by atoms with Crippen molar-refractivity contribution in [3.63, 3.8) is 0 Å². The van der Waals surface area contributed by atoms with Gasteiger partial charge in [-0.1, -0.05) is 31.6 Å². The standard InChI is InChI=1S/C15H22N2O3S/c1-3-4-5-11-17-21(18,19)15-12-13(7-6-10-16)8-9-14(15)20-2/h8-9,12,17H,3-5,10-11,16H2,1-2H3. The number of rotatable bonds is 7. The van der Waals surface area contributed by atoms with E-state index >= 15 is 0 Å². The molecule has 0 aliphatic heterocycles. The van der Waals surface area contributed by atoms with Crippen molar-refractivity contribution in [1.82, 2.24) is 4.72 Å². The monoisotopic (exact) mass is 310 g/mol. The molecule has 0 spiro atoms. The van der Waals surface area contributed by atoms with Gasteiger partial charge in [0, 0.05) is 12.1 Å². The summed E-state index contributed by atoms with van der Waals surface area (Å²) in [5.74, 6) is 5.83. The van der Waals surface area contributed by atoms with Crippen LogP contribution < -0.4 is 15.2 Å². The molecule has 1 aromatic rings. The third kappa shape index (κ3) is 5.38. The Kier molecular flexibility index (Phi) is 7.23. The number of unbranched alkanes of at least 4 members (excludes halogenated alkanes) is 2. The second kappa shape index (κ2) is 8.67. The zero-order valence-corrected chi connectivity index (χ0v) is 13.3. The second-order valence-electron chi connectivity index (χ2n) is 4.48. The highest BCUT2D eigenvalue weighted by atomic mass is 32.2. The minimum absolute atomic E-state index is 0.102. The summed E-state index contributed by atoms with van der Waals surface area (Å²) < 4.78 is 32.4. The average molecular weight is 310 g/mol. The van der Waals surface area contributed by atoms with E-state index in [4.69, 9.17) is 10.5 Å². The van der Waals surface area contributed by atoms with Gasteiger partial charge in [0.15, 0.2) is 0 Å². The zero-order chi connectivity index (χ0) is 15.7. The Balaban J connectivity index is 3.01. The number of ether oxygens (including phenoxy) is 1. The lowest BCUT2D eigenvalue weighted by molar-refractivity contribution is 0.402. The van der Waals surface area contributed by atoms with Gasteiger partial charge in [-0.3, -0.25) is 0 Å². The fraction of sp³-hybridized carbons (Fsp3) is 0.467. The largest absolute Gasteiger partial charge is 0.495 e. The van der Waals surface area contributed by atoms with Crippen LogP contribution in [0, 0.1) is 11.8 Å². The van der Waals surface area contributed by atoms with Gasteiger partial charge in [0.2, 0.25) is 10.0 Å². The number of methoxy groups -OCH3 is 1. The smallest absolute Gasteiger partial charge is 0.244 e. The lowest BCUT2D eigenvalue weighted by Gasteiger charge is -2.11. The van der Waals surface area contributed by atoms with Gasteiger partial charge in [-0.25, -0.2) is 13.1 Å². The summed E-state index contributed by atoms with van der Waals surface area (Å²) in [7, 11) is -2.16. The molecule has 0 bridgehead atoms. The molecule has 0 aliphatic rings. The first-order valence-corrected chi connectivity index (χ1v) is 8.40. The van der Waals surface area contributed by atoms with E-state index in [9.17, 15) is 8.42 Å². The van der Waals surface area contributed by atoms with E-state index in [1.807, 2.05) is 0 Å². The third-order valence-corrected chi connectivity index (χ3v) is 4.34. The highest BCUT2D eigenvalue weighted by Gasteiger charge is 2.19. The first kappa shape index (κ1) is 17.5. The van der Waals surface area contributed by atoms with Crippen molar-refractivity contribution >= 4 is 10.0 Å². The van der Waals surface area contributed by atoms with Crippen LogP contribution in [-0.2, 0) is 10.0 Å². The van der Waals surface area contributed by atoms with E-state index in [0.717, 1.165) is 19.3 Å². The first-order valence-electron chi connectivity index (χ1n) is 6.91. The van der Waals surface area contributed by atoms with Gasteiger partial charge in [-0.2, -0.15) is 0 Å². The highest BCUT2D eigenvalue weighted by molar-refractivity contribution is 7.89. The topological polar surface area (TPSA) is 81.4 Å². The molecule has 6 heteroatoms. The van der Waals surface area contributed by atoms with Crippen LogP contribution in [0.4, 0.5) is 0 Å². The summed E-state index contributed by atoms with van der Waals surface area (Å²) in [6.45, 7) is 2.71. The van der Waals surface area contributed by atoms with E-state index in [0.29, 0.717) is 17.9 Å². The quantitative estimate of drug-likeness (QED) is 0.590. The molecule has 3 N–H and O–H groups in total. The molecule has 0 aromatic heterocycles. The Labute approximate surface area is 126 Å². The van der Waals surface area contributed by atoms with E-state index in [1.165, 1.54) is 13.2 Å². The summed E-state index contributed by atoms with van der Waals surface area (Å²) in [6.07, 6.45) is 2.83. The van der Waals surface area contributed by atoms with E-state index < -0.39 is 10.0 Å². The fourth-order valence-electron chi connectivity index (χ4n) is 1.78. The zero-order valence-electron chi connectivity index (χ0n) is 12.5. The molecular weight excluding hydrogens is 288 g/mol. The molecule has 0 aliphatic carbocycles. The lowest BCUT2D eigenvalue weighted by atomic mass is 10.2. The van der Waals surface area contributed by atoms with E-state index in [-0.39, 0.29) is 11.4 Å². The van der Waals surface area contributed by atoms with Crippen LogP contribution in [0.3, 0.4) is 0 Å². The normalized spacial score (nSPS) is 10.8. The Morgan fingerprint density at radius 1 is 1.33 bits per heavy atom. The maximum atomic E-state index is 12.3. The van der Waals surface area contributed by atoms with Crippen molar-refractivity contribution in [2.24, 2.45) is 5.73 Å². The summed E-state index contributed by atoms with van der Waals surface area (Å²) in [6, 6.07) is 4.81. The minimum atomic E-state index is -3.61. The maximum absolute atomic E-state index is 12.3. The maximum Gasteiger partial charge on any atom is 0.244 e. The van der Waals surface area contributed by atoms with Crippen molar-refractivity contribution < 1.29 is 13.2 Å². The predicted octanol–water partition coefficient (Wildman–Crippen LogP) is 1.47. The molecule has 0 heterocycles. The SMILES string of the molecule is CCCCCNS(=O)(=O)c1cc(C#CCN)ccc1OC. The van der Waals surface area contributed by atoms with Gasteiger partial charge in [0.05, 0.1) is 13.7 Å². The summed E-state index contributed by atoms with van der Waals surface area (Å²) in [4.78, 5) is 0.102. The van der Waals surface area contributed by atoms with E-state index in [1.54, 1.807) is 12.1 Å². The van der Waals surface area contributed by atoms with Crippen molar-refractivity contribution in [3.8, 4) is 17.6 Å². The molecule has 0 saturated carbocycles. The van der Waals surface area contributed by atoms with Gasteiger partial charge >= 0.3 is 0 Å². The van der Waals surface area contributed by atoms with Crippen LogP contribution in [0.15, 0.2) is 23.1 Å². The number of benzene rings is 1. The molecule has 5 nitrogen and oxygen atoms in total. The van der Waals surface area contributed by atoms with Crippen LogP contribution in [-0.4, -0.2) is 28.6 Å². The predicted molar refractivity (Wildman–Crippen MR) is 83.6 cm³/mol. The number of nitrogens with one attached hydrogen (secondary N) is 1. The third-order valence-electron chi connectivity index (χ3n) is 2.86. The van der Waals surface area contributed by atoms with Crippen molar-refractivity contribution in [2.45, 2.75) is 31.1 Å². The number of sulfonamides is 1. The summed E-state index contributed by atoms with van der Waals surface area (Å²) in [5, 5.41) is 0. The Morgan fingerprint density at radius 2 is 2.10 bits per heavy atom. The van der Waals surface area contributed by atoms with Crippen LogP contribution in [0.2, 0.25) is 0 Å². The number of hydrogen-bond donors (Lipinski definition) is 2. The highest BCUT2D eigenvalue weighted by Crippen LogP contribution is 2.24. The van der Waals surface area contributed by atoms with Crippen LogP contribution in [0.5, 0.6) is 5.75 Å². The summed E-state index contributed by atoms with van der Waals surface area (Å²) >= 11 is 0. The molecule has 0 atom stereocenters. The van der Waals surface area contributed by atoms with Gasteiger partial charge in [0.1, 0.15) is 10.6 Å². The molecule has 0 fully saturated rings. The average Bonchev–Trinajstić information content (AvgIpc) is 2.49. The molecule has 1 rings (SSSR count). The summed E-state index contributed by atoms with van der Waals surface area (Å²) in [5.41, 5.74) is 5.91. The van der Waals surface area contributed by atoms with Gasteiger partial charge in [-0.15, -0.1) is 0 Å². The van der Waals surface area contributed by atoms with Crippen molar-refractivity contribution in [2.75, 3.05) is 20.2 Å². The molecule has 0 saturated heterocycles. The lowest BCUT2D eigenvalue weighted by Crippen LogP contribution is -2.25. The van der Waals surface area contributed by atoms with Crippen molar-refractivity contribution in [1.29, 1.82) is 0 Å². The number of nitrogens with two attached hydrogens (primary N) is 1. The molecule has 0 unspecified atom stereocenters. The molecule has 1 aromatic carbocycles. The number of hydrogen-bond acceptors (Lipinski definition) is 4. The molecule has 116 valence electrons. The fourth-order valence-corrected chi connectivity index (χ4v) is 3.04. The molecule has 21 heavy (non-hydrogen) atoms.